The van der Waals surface area contributed by atoms with Gasteiger partial charge in [-0.05, 0) is 52.0 Å². The Kier molecular flexibility index (Phi) is 6.66. The van der Waals surface area contributed by atoms with E-state index in [1.165, 1.54) is 6.42 Å². The number of rotatable bonds is 8. The highest BCUT2D eigenvalue weighted by Gasteiger charge is 2.18. The van der Waals surface area contributed by atoms with Gasteiger partial charge in [-0.3, -0.25) is 4.68 Å². The van der Waals surface area contributed by atoms with Crippen LogP contribution in [0.5, 0.6) is 0 Å². The van der Waals surface area contributed by atoms with Crippen LogP contribution in [0, 0.1) is 11.8 Å². The van der Waals surface area contributed by atoms with Gasteiger partial charge in [0.15, 0.2) is 0 Å². The Morgan fingerprint density at radius 3 is 2.55 bits per heavy atom. The van der Waals surface area contributed by atoms with Crippen LogP contribution in [-0.4, -0.2) is 26.8 Å². The van der Waals surface area contributed by atoms with Gasteiger partial charge < -0.3 is 5.32 Å². The molecule has 0 amide bonds. The Morgan fingerprint density at radius 1 is 1.30 bits per heavy atom. The lowest BCUT2D eigenvalue weighted by Gasteiger charge is -2.26. The van der Waals surface area contributed by atoms with Crippen LogP contribution in [0.4, 0.5) is 0 Å². The third-order valence-corrected chi connectivity index (χ3v) is 3.33. The number of aromatic nitrogens is 3. The average Bonchev–Trinajstić information content (AvgIpc) is 2.72. The zero-order valence-corrected chi connectivity index (χ0v) is 14.1. The van der Waals surface area contributed by atoms with Crippen molar-refractivity contribution in [2.45, 2.75) is 72.9 Å². The topological polar surface area (TPSA) is 42.7 Å². The molecular weight excluding hydrogens is 248 g/mol. The maximum Gasteiger partial charge on any atom is 0.138 e. The molecule has 1 rings (SSSR count). The van der Waals surface area contributed by atoms with Crippen LogP contribution in [0.15, 0.2) is 6.33 Å². The van der Waals surface area contributed by atoms with Gasteiger partial charge in [-0.1, -0.05) is 20.8 Å². The van der Waals surface area contributed by atoms with Gasteiger partial charge in [0.05, 0.1) is 0 Å². The molecule has 1 unspecified atom stereocenters. The number of nitrogens with one attached hydrogen (secondary N) is 1. The van der Waals surface area contributed by atoms with Crippen molar-refractivity contribution in [2.75, 3.05) is 6.54 Å². The molecule has 0 aliphatic carbocycles. The molecule has 0 aliphatic rings. The van der Waals surface area contributed by atoms with Gasteiger partial charge in [-0.25, -0.2) is 4.98 Å². The third-order valence-electron chi connectivity index (χ3n) is 3.33. The van der Waals surface area contributed by atoms with Gasteiger partial charge in [0, 0.05) is 18.5 Å². The zero-order chi connectivity index (χ0) is 15.2. The van der Waals surface area contributed by atoms with Crippen molar-refractivity contribution in [3.05, 3.63) is 12.2 Å². The fourth-order valence-corrected chi connectivity index (χ4v) is 2.46. The summed E-state index contributed by atoms with van der Waals surface area (Å²) in [4.78, 5) is 4.45. The highest BCUT2D eigenvalue weighted by Crippen LogP contribution is 2.17. The first kappa shape index (κ1) is 17.2. The number of aryl methyl sites for hydroxylation is 1. The highest BCUT2D eigenvalue weighted by atomic mass is 15.3. The van der Waals surface area contributed by atoms with Crippen molar-refractivity contribution in [1.82, 2.24) is 20.1 Å². The van der Waals surface area contributed by atoms with Crippen LogP contribution in [0.25, 0.3) is 0 Å². The van der Waals surface area contributed by atoms with Crippen LogP contribution in [0.2, 0.25) is 0 Å². The molecule has 0 aromatic carbocycles. The van der Waals surface area contributed by atoms with Crippen LogP contribution in [-0.2, 0) is 13.0 Å². The van der Waals surface area contributed by atoms with E-state index in [1.807, 2.05) is 0 Å². The number of hydrogen-bond donors (Lipinski definition) is 1. The van der Waals surface area contributed by atoms with E-state index >= 15 is 0 Å². The number of nitrogens with zero attached hydrogens (tertiary/aromatic N) is 3. The molecule has 116 valence electrons. The summed E-state index contributed by atoms with van der Waals surface area (Å²) in [5, 5.41) is 7.97. The largest absolute Gasteiger partial charge is 0.312 e. The quantitative estimate of drug-likeness (QED) is 0.794. The summed E-state index contributed by atoms with van der Waals surface area (Å²) in [7, 11) is 0. The minimum atomic E-state index is 0.173. The van der Waals surface area contributed by atoms with Gasteiger partial charge in [0.1, 0.15) is 12.2 Å². The molecule has 0 saturated heterocycles. The molecule has 0 radical (unpaired) electrons. The molecule has 1 heterocycles. The lowest BCUT2D eigenvalue weighted by atomic mass is 9.92. The standard InChI is InChI=1S/C16H32N4/c1-7-8-20-15(17-12-19-20)10-14(9-13(2)3)11-18-16(4,5)6/h12-14,18H,7-11H2,1-6H3. The van der Waals surface area contributed by atoms with Gasteiger partial charge >= 0.3 is 0 Å². The van der Waals surface area contributed by atoms with Crippen molar-refractivity contribution in [1.29, 1.82) is 0 Å². The highest BCUT2D eigenvalue weighted by molar-refractivity contribution is 4.89. The second-order valence-electron chi connectivity index (χ2n) is 7.23. The van der Waals surface area contributed by atoms with Crippen LogP contribution in [0.3, 0.4) is 0 Å². The van der Waals surface area contributed by atoms with Crippen LogP contribution >= 0.6 is 0 Å². The van der Waals surface area contributed by atoms with Gasteiger partial charge in [-0.2, -0.15) is 5.10 Å². The van der Waals surface area contributed by atoms with E-state index in [-0.39, 0.29) is 5.54 Å². The normalized spacial score (nSPS) is 13.9. The Balaban J connectivity index is 2.65. The first-order valence-electron chi connectivity index (χ1n) is 7.93. The molecule has 20 heavy (non-hydrogen) atoms. The molecular formula is C16H32N4. The number of hydrogen-bond acceptors (Lipinski definition) is 3. The Hall–Kier alpha value is -0.900. The van der Waals surface area contributed by atoms with Crippen molar-refractivity contribution in [3.63, 3.8) is 0 Å². The second-order valence-corrected chi connectivity index (χ2v) is 7.23. The van der Waals surface area contributed by atoms with E-state index in [0.29, 0.717) is 11.8 Å². The summed E-state index contributed by atoms with van der Waals surface area (Å²) in [6.07, 6.45) is 5.03. The predicted molar refractivity (Wildman–Crippen MR) is 84.7 cm³/mol. The maximum absolute atomic E-state index is 4.45. The minimum Gasteiger partial charge on any atom is -0.312 e. The minimum absolute atomic E-state index is 0.173. The molecule has 1 N–H and O–H groups in total. The Morgan fingerprint density at radius 2 is 2.00 bits per heavy atom. The van der Waals surface area contributed by atoms with E-state index in [0.717, 1.165) is 31.8 Å². The predicted octanol–water partition coefficient (Wildman–Crippen LogP) is 3.28. The van der Waals surface area contributed by atoms with E-state index in [9.17, 15) is 0 Å². The molecule has 0 spiro atoms. The van der Waals surface area contributed by atoms with Gasteiger partial charge in [-0.15, -0.1) is 0 Å². The molecule has 4 nitrogen and oxygen atoms in total. The fourth-order valence-electron chi connectivity index (χ4n) is 2.46. The first-order chi connectivity index (χ1) is 9.31. The van der Waals surface area contributed by atoms with E-state index < -0.39 is 0 Å². The van der Waals surface area contributed by atoms with Crippen molar-refractivity contribution < 1.29 is 0 Å². The zero-order valence-electron chi connectivity index (χ0n) is 14.1. The first-order valence-corrected chi connectivity index (χ1v) is 7.93. The molecule has 1 aromatic heterocycles. The lowest BCUT2D eigenvalue weighted by molar-refractivity contribution is 0.324. The monoisotopic (exact) mass is 280 g/mol. The molecule has 0 fully saturated rings. The lowest BCUT2D eigenvalue weighted by Crippen LogP contribution is -2.40. The smallest absolute Gasteiger partial charge is 0.138 e. The van der Waals surface area contributed by atoms with E-state index in [1.54, 1.807) is 6.33 Å². The molecule has 1 aromatic rings. The maximum atomic E-state index is 4.45. The molecule has 1 atom stereocenters. The summed E-state index contributed by atoms with van der Waals surface area (Å²) in [5.74, 6) is 2.46. The summed E-state index contributed by atoms with van der Waals surface area (Å²) < 4.78 is 2.06. The SMILES string of the molecule is CCCn1ncnc1CC(CNC(C)(C)C)CC(C)C. The molecule has 0 bridgehead atoms. The second kappa shape index (κ2) is 7.77. The molecule has 0 saturated carbocycles. The molecule has 0 aliphatic heterocycles. The van der Waals surface area contributed by atoms with Crippen LogP contribution < -0.4 is 5.32 Å². The summed E-state index contributed by atoms with van der Waals surface area (Å²) >= 11 is 0. The van der Waals surface area contributed by atoms with Gasteiger partial charge in [0.2, 0.25) is 0 Å². The summed E-state index contributed by atoms with van der Waals surface area (Å²) in [6, 6.07) is 0. The van der Waals surface area contributed by atoms with Crippen molar-refractivity contribution in [2.24, 2.45) is 11.8 Å². The van der Waals surface area contributed by atoms with E-state index in [2.05, 4.69) is 61.6 Å². The Labute approximate surface area is 124 Å². The van der Waals surface area contributed by atoms with Crippen molar-refractivity contribution in [3.8, 4) is 0 Å². The summed E-state index contributed by atoms with van der Waals surface area (Å²) in [5.41, 5.74) is 0.173. The van der Waals surface area contributed by atoms with Crippen LogP contribution in [0.1, 0.15) is 60.2 Å². The van der Waals surface area contributed by atoms with Crippen molar-refractivity contribution >= 4 is 0 Å². The van der Waals surface area contributed by atoms with Gasteiger partial charge in [0.25, 0.3) is 0 Å². The fraction of sp³-hybridized carbons (Fsp3) is 0.875. The summed E-state index contributed by atoms with van der Waals surface area (Å²) in [6.45, 7) is 15.4. The Bertz CT molecular complexity index is 376. The third kappa shape index (κ3) is 6.51. The van der Waals surface area contributed by atoms with E-state index in [4.69, 9.17) is 0 Å². The average molecular weight is 280 g/mol. The molecule has 4 heteroatoms.